The van der Waals surface area contributed by atoms with Crippen molar-refractivity contribution < 1.29 is 23.9 Å². The van der Waals surface area contributed by atoms with Crippen LogP contribution in [0.4, 0.5) is 5.69 Å². The topological polar surface area (TPSA) is 112 Å². The molecule has 5 rings (SSSR count). The van der Waals surface area contributed by atoms with Gasteiger partial charge in [0.15, 0.2) is 5.78 Å². The van der Waals surface area contributed by atoms with Gasteiger partial charge in [0.2, 0.25) is 5.91 Å². The molecule has 3 unspecified atom stereocenters. The van der Waals surface area contributed by atoms with Crippen molar-refractivity contribution in [3.05, 3.63) is 59.9 Å². The Kier molecular flexibility index (Phi) is 8.21. The number of hydrogen-bond acceptors (Lipinski definition) is 7. The Morgan fingerprint density at radius 3 is 2.54 bits per heavy atom. The lowest BCUT2D eigenvalue weighted by molar-refractivity contribution is -0.137. The summed E-state index contributed by atoms with van der Waals surface area (Å²) in [6.45, 7) is 6.00. The first-order valence-corrected chi connectivity index (χ1v) is 13.7. The van der Waals surface area contributed by atoms with Gasteiger partial charge in [0.05, 0.1) is 25.8 Å². The number of carbonyl (C=O) groups excluding carboxylic acids is 4. The number of ketones is 1. The van der Waals surface area contributed by atoms with Crippen LogP contribution in [0.1, 0.15) is 47.0 Å². The van der Waals surface area contributed by atoms with Gasteiger partial charge in [0.1, 0.15) is 11.7 Å². The molecule has 0 saturated carbocycles. The molecule has 3 fully saturated rings. The van der Waals surface area contributed by atoms with Crippen LogP contribution in [0.3, 0.4) is 0 Å². The van der Waals surface area contributed by atoms with Crippen LogP contribution in [0.2, 0.25) is 0 Å². The lowest BCUT2D eigenvalue weighted by atomic mass is 10.0. The lowest BCUT2D eigenvalue weighted by Gasteiger charge is -2.28. The number of hydrogen-bond donors (Lipinski definition) is 1. The Morgan fingerprint density at radius 1 is 1.05 bits per heavy atom. The fraction of sp³-hybridized carbons (Fsp3) is 0.483. The summed E-state index contributed by atoms with van der Waals surface area (Å²) in [5.74, 6) is -0.567. The van der Waals surface area contributed by atoms with Crippen LogP contribution in [0.25, 0.3) is 0 Å². The first-order chi connectivity index (χ1) is 18.9. The van der Waals surface area contributed by atoms with Crippen LogP contribution in [-0.4, -0.2) is 96.3 Å². The van der Waals surface area contributed by atoms with Crippen molar-refractivity contribution in [2.45, 2.75) is 38.3 Å². The van der Waals surface area contributed by atoms with Gasteiger partial charge in [-0.05, 0) is 55.2 Å². The molecular weight excluding hydrogens is 498 g/mol. The van der Waals surface area contributed by atoms with Crippen molar-refractivity contribution in [1.82, 2.24) is 20.1 Å². The Morgan fingerprint density at radius 2 is 1.82 bits per heavy atom. The van der Waals surface area contributed by atoms with Gasteiger partial charge in [-0.2, -0.15) is 0 Å². The third-order valence-corrected chi connectivity index (χ3v) is 7.84. The molecule has 1 aromatic carbocycles. The van der Waals surface area contributed by atoms with Crippen LogP contribution < -0.4 is 10.2 Å². The molecule has 0 aliphatic carbocycles. The average molecular weight is 534 g/mol. The summed E-state index contributed by atoms with van der Waals surface area (Å²) in [6.07, 6.45) is 3.06. The molecule has 3 atom stereocenters. The van der Waals surface area contributed by atoms with E-state index in [-0.39, 0.29) is 48.4 Å². The first kappa shape index (κ1) is 26.8. The molecule has 10 nitrogen and oxygen atoms in total. The van der Waals surface area contributed by atoms with E-state index in [1.54, 1.807) is 34.2 Å². The predicted molar refractivity (Wildman–Crippen MR) is 144 cm³/mol. The highest BCUT2D eigenvalue weighted by molar-refractivity contribution is 6.01. The number of aromatic nitrogens is 1. The van der Waals surface area contributed by atoms with Crippen molar-refractivity contribution >= 4 is 29.2 Å². The first-order valence-electron chi connectivity index (χ1n) is 13.7. The molecule has 3 amide bonds. The van der Waals surface area contributed by atoms with Gasteiger partial charge >= 0.3 is 0 Å². The summed E-state index contributed by atoms with van der Waals surface area (Å²) in [6, 6.07) is 11.8. The van der Waals surface area contributed by atoms with Crippen molar-refractivity contribution in [2.24, 2.45) is 5.92 Å². The largest absolute Gasteiger partial charge is 0.378 e. The quantitative estimate of drug-likeness (QED) is 0.550. The molecule has 0 spiro atoms. The van der Waals surface area contributed by atoms with E-state index in [2.05, 4.69) is 15.2 Å². The van der Waals surface area contributed by atoms with Crippen LogP contribution in [0.15, 0.2) is 48.7 Å². The maximum Gasteiger partial charge on any atom is 0.273 e. The lowest BCUT2D eigenvalue weighted by Crippen LogP contribution is -2.44. The molecule has 2 aromatic rings. The number of amides is 3. The van der Waals surface area contributed by atoms with Crippen molar-refractivity contribution in [3.8, 4) is 0 Å². The van der Waals surface area contributed by atoms with Crippen molar-refractivity contribution in [3.63, 3.8) is 0 Å². The number of carbonyl (C=O) groups is 4. The van der Waals surface area contributed by atoms with E-state index in [9.17, 15) is 19.2 Å². The number of Topliss-reactive ketones (excluding diaryl/α,β-unsaturated/α-hetero) is 1. The molecule has 3 aliphatic rings. The zero-order chi connectivity index (χ0) is 27.4. The second-order valence-corrected chi connectivity index (χ2v) is 10.5. The Balaban J connectivity index is 1.08. The second kappa shape index (κ2) is 11.9. The molecule has 3 saturated heterocycles. The molecule has 10 heteroatoms. The number of nitrogens with one attached hydrogen (secondary N) is 1. The van der Waals surface area contributed by atoms with Crippen LogP contribution in [-0.2, 0) is 14.3 Å². The summed E-state index contributed by atoms with van der Waals surface area (Å²) >= 11 is 0. The zero-order valence-corrected chi connectivity index (χ0v) is 22.3. The summed E-state index contributed by atoms with van der Waals surface area (Å²) in [5.41, 5.74) is 1.99. The van der Waals surface area contributed by atoms with E-state index in [1.165, 1.54) is 0 Å². The van der Waals surface area contributed by atoms with Gasteiger partial charge in [-0.1, -0.05) is 13.0 Å². The van der Waals surface area contributed by atoms with Crippen LogP contribution in [0.5, 0.6) is 0 Å². The van der Waals surface area contributed by atoms with Crippen LogP contribution >= 0.6 is 0 Å². The predicted octanol–water partition coefficient (Wildman–Crippen LogP) is 1.76. The standard InChI is InChI=1S/C29H35N5O5/c1-20(9-12-31-28(37)21-5-7-22(8-6-21)32-14-16-39-17-15-32)18-26(36)33-13-10-24-27(33)25(35)19-34(24)29(38)23-4-2-3-11-30-23/h2-8,11,20,24,27H,9-10,12-19H2,1H3,(H,31,37). The molecule has 0 bridgehead atoms. The third-order valence-electron chi connectivity index (χ3n) is 7.84. The molecular formula is C29H35N5O5. The highest BCUT2D eigenvalue weighted by atomic mass is 16.5. The fourth-order valence-electron chi connectivity index (χ4n) is 5.70. The van der Waals surface area contributed by atoms with Crippen molar-refractivity contribution in [2.75, 3.05) is 50.8 Å². The number of rotatable bonds is 8. The Bertz CT molecular complexity index is 1200. The normalized spacial score (nSPS) is 21.6. The number of likely N-dealkylation sites (tertiary alicyclic amines) is 2. The van der Waals surface area contributed by atoms with E-state index in [0.29, 0.717) is 50.4 Å². The highest BCUT2D eigenvalue weighted by Gasteiger charge is 2.51. The van der Waals surface area contributed by atoms with E-state index in [4.69, 9.17) is 4.74 Å². The van der Waals surface area contributed by atoms with Gasteiger partial charge in [-0.15, -0.1) is 0 Å². The van der Waals surface area contributed by atoms with Gasteiger partial charge in [-0.3, -0.25) is 24.2 Å². The molecule has 4 heterocycles. The zero-order valence-electron chi connectivity index (χ0n) is 22.3. The van der Waals surface area contributed by atoms with E-state index >= 15 is 0 Å². The van der Waals surface area contributed by atoms with Crippen molar-refractivity contribution in [1.29, 1.82) is 0 Å². The van der Waals surface area contributed by atoms with E-state index < -0.39 is 6.04 Å². The highest BCUT2D eigenvalue weighted by Crippen LogP contribution is 2.31. The summed E-state index contributed by atoms with van der Waals surface area (Å²) in [4.78, 5) is 61.0. The average Bonchev–Trinajstić information content (AvgIpc) is 3.55. The molecule has 39 heavy (non-hydrogen) atoms. The number of nitrogens with zero attached hydrogens (tertiary/aromatic N) is 4. The number of anilines is 1. The molecule has 0 radical (unpaired) electrons. The third kappa shape index (κ3) is 5.95. The number of morpholine rings is 1. The van der Waals surface area contributed by atoms with E-state index in [0.717, 1.165) is 18.8 Å². The van der Waals surface area contributed by atoms with Crippen LogP contribution in [0, 0.1) is 5.92 Å². The SMILES string of the molecule is CC(CCNC(=O)c1ccc(N2CCOCC2)cc1)CC(=O)N1CCC2C1C(=O)CN2C(=O)c1ccccn1. The Hall–Kier alpha value is -3.79. The van der Waals surface area contributed by atoms with Gasteiger partial charge in [0.25, 0.3) is 11.8 Å². The summed E-state index contributed by atoms with van der Waals surface area (Å²) in [7, 11) is 0. The summed E-state index contributed by atoms with van der Waals surface area (Å²) < 4.78 is 5.39. The van der Waals surface area contributed by atoms with Gasteiger partial charge in [-0.25, -0.2) is 0 Å². The maximum absolute atomic E-state index is 13.1. The fourth-order valence-corrected chi connectivity index (χ4v) is 5.70. The molecule has 206 valence electrons. The monoisotopic (exact) mass is 533 g/mol. The molecule has 3 aliphatic heterocycles. The summed E-state index contributed by atoms with van der Waals surface area (Å²) in [5, 5.41) is 2.95. The number of ether oxygens (including phenoxy) is 1. The van der Waals surface area contributed by atoms with Gasteiger partial charge in [0, 0.05) is 50.0 Å². The van der Waals surface area contributed by atoms with Gasteiger partial charge < -0.3 is 24.8 Å². The molecule has 1 N–H and O–H groups in total. The maximum atomic E-state index is 13.1. The number of benzene rings is 1. The Labute approximate surface area is 228 Å². The minimum absolute atomic E-state index is 0.00350. The minimum atomic E-state index is -0.586. The smallest absolute Gasteiger partial charge is 0.273 e. The number of pyridine rings is 1. The minimum Gasteiger partial charge on any atom is -0.378 e. The van der Waals surface area contributed by atoms with E-state index in [1.807, 2.05) is 31.2 Å². The number of fused-ring (bicyclic) bond motifs is 1. The molecule has 1 aromatic heterocycles. The second-order valence-electron chi connectivity index (χ2n) is 10.5.